The lowest BCUT2D eigenvalue weighted by molar-refractivity contribution is -0.115. The van der Waals surface area contributed by atoms with Crippen molar-refractivity contribution in [1.29, 1.82) is 0 Å². The number of nitrogens with one attached hydrogen (secondary N) is 2. The maximum atomic E-state index is 11.7. The van der Waals surface area contributed by atoms with Crippen LogP contribution in [0.15, 0.2) is 47.1 Å². The van der Waals surface area contributed by atoms with Crippen LogP contribution in [-0.4, -0.2) is 18.2 Å². The van der Waals surface area contributed by atoms with Crippen LogP contribution in [0.1, 0.15) is 17.5 Å². The molecule has 0 aliphatic heterocycles. The molecule has 0 fully saturated rings. The van der Waals surface area contributed by atoms with Crippen LogP contribution in [0, 0.1) is 0 Å². The van der Waals surface area contributed by atoms with Gasteiger partial charge in [0.25, 0.3) is 5.91 Å². The molecule has 2 N–H and O–H groups in total. The second kappa shape index (κ2) is 5.86. The minimum Gasteiger partial charge on any atom is -0.459 e. The van der Waals surface area contributed by atoms with Crippen LogP contribution in [0.3, 0.4) is 0 Å². The van der Waals surface area contributed by atoms with Crippen LogP contribution >= 0.6 is 0 Å². The third kappa shape index (κ3) is 3.70. The molecule has 98 valence electrons. The summed E-state index contributed by atoms with van der Waals surface area (Å²) in [6.45, 7) is 1.81. The van der Waals surface area contributed by atoms with Crippen LogP contribution in [0.5, 0.6) is 0 Å². The number of carbonyl (C=O) groups is 2. The van der Waals surface area contributed by atoms with Crippen LogP contribution in [0.25, 0.3) is 0 Å². The summed E-state index contributed by atoms with van der Waals surface area (Å²) in [6.07, 6.45) is 1.45. The molecular formula is C14H14N2O3. The Labute approximate surface area is 110 Å². The lowest BCUT2D eigenvalue weighted by Gasteiger charge is -2.06. The number of furan rings is 1. The minimum atomic E-state index is -0.297. The zero-order valence-electron chi connectivity index (χ0n) is 10.5. The predicted molar refractivity (Wildman–Crippen MR) is 72.3 cm³/mol. The second-order valence-electron chi connectivity index (χ2n) is 4.06. The first-order valence-corrected chi connectivity index (χ1v) is 5.83. The van der Waals surface area contributed by atoms with Gasteiger partial charge < -0.3 is 15.1 Å². The molecule has 0 radical (unpaired) electrons. The molecule has 1 aromatic carbocycles. The minimum absolute atomic E-state index is 0.0650. The van der Waals surface area contributed by atoms with Gasteiger partial charge in [0, 0.05) is 11.4 Å². The molecule has 0 unspecified atom stereocenters. The molecule has 0 atom stereocenters. The second-order valence-corrected chi connectivity index (χ2v) is 4.06. The maximum absolute atomic E-state index is 11.7. The highest BCUT2D eigenvalue weighted by Crippen LogP contribution is 2.14. The van der Waals surface area contributed by atoms with Crippen LogP contribution in [-0.2, 0) is 4.79 Å². The average Bonchev–Trinajstić information content (AvgIpc) is 2.92. The Morgan fingerprint density at radius 3 is 2.37 bits per heavy atom. The van der Waals surface area contributed by atoms with Crippen molar-refractivity contribution in [2.45, 2.75) is 6.92 Å². The number of anilines is 2. The van der Waals surface area contributed by atoms with Crippen molar-refractivity contribution >= 4 is 23.1 Å². The molecule has 0 saturated heterocycles. The number of carbonyl (C=O) groups excluding carboxylic acids is 2. The molecule has 0 aliphatic carbocycles. The van der Waals surface area contributed by atoms with Gasteiger partial charge in [0.05, 0.1) is 12.8 Å². The highest BCUT2D eigenvalue weighted by Gasteiger charge is 2.08. The van der Waals surface area contributed by atoms with E-state index in [0.717, 1.165) is 5.69 Å². The van der Waals surface area contributed by atoms with E-state index in [1.54, 1.807) is 36.4 Å². The molecule has 5 heteroatoms. The van der Waals surface area contributed by atoms with Crippen molar-refractivity contribution in [2.24, 2.45) is 0 Å². The summed E-state index contributed by atoms with van der Waals surface area (Å²) in [4.78, 5) is 22.5. The SMILES string of the molecule is CC(=O)CNc1ccc(NC(=O)c2ccco2)cc1. The van der Waals surface area contributed by atoms with Crippen LogP contribution in [0.2, 0.25) is 0 Å². The molecule has 19 heavy (non-hydrogen) atoms. The molecule has 5 nitrogen and oxygen atoms in total. The zero-order valence-corrected chi connectivity index (χ0v) is 10.5. The molecule has 1 heterocycles. The Bertz CT molecular complexity index is 559. The average molecular weight is 258 g/mol. The molecule has 1 aromatic heterocycles. The van der Waals surface area contributed by atoms with E-state index >= 15 is 0 Å². The fraction of sp³-hybridized carbons (Fsp3) is 0.143. The van der Waals surface area contributed by atoms with Crippen molar-refractivity contribution in [1.82, 2.24) is 0 Å². The Hall–Kier alpha value is -2.56. The molecular weight excluding hydrogens is 244 g/mol. The monoisotopic (exact) mass is 258 g/mol. The lowest BCUT2D eigenvalue weighted by Crippen LogP contribution is -2.11. The van der Waals surface area contributed by atoms with Gasteiger partial charge >= 0.3 is 0 Å². The number of Topliss-reactive ketones (excluding diaryl/α,β-unsaturated/α-hetero) is 1. The largest absolute Gasteiger partial charge is 0.459 e. The van der Waals surface area contributed by atoms with Gasteiger partial charge in [-0.15, -0.1) is 0 Å². The number of benzene rings is 1. The summed E-state index contributed by atoms with van der Waals surface area (Å²) in [7, 11) is 0. The summed E-state index contributed by atoms with van der Waals surface area (Å²) in [6, 6.07) is 10.3. The third-order valence-corrected chi connectivity index (χ3v) is 2.43. The van der Waals surface area contributed by atoms with Gasteiger partial charge in [-0.05, 0) is 43.3 Å². The van der Waals surface area contributed by atoms with Gasteiger partial charge in [-0.3, -0.25) is 9.59 Å². The van der Waals surface area contributed by atoms with E-state index < -0.39 is 0 Å². The first-order chi connectivity index (χ1) is 9.15. The highest BCUT2D eigenvalue weighted by atomic mass is 16.3. The van der Waals surface area contributed by atoms with Gasteiger partial charge in [-0.25, -0.2) is 0 Å². The number of ketones is 1. The van der Waals surface area contributed by atoms with Crippen molar-refractivity contribution in [2.75, 3.05) is 17.2 Å². The smallest absolute Gasteiger partial charge is 0.291 e. The fourth-order valence-corrected chi connectivity index (χ4v) is 1.50. The van der Waals surface area contributed by atoms with Gasteiger partial charge in [0.15, 0.2) is 5.76 Å². The number of hydrogen-bond donors (Lipinski definition) is 2. The maximum Gasteiger partial charge on any atom is 0.291 e. The van der Waals surface area contributed by atoms with E-state index in [0.29, 0.717) is 5.69 Å². The number of amides is 1. The van der Waals surface area contributed by atoms with Crippen molar-refractivity contribution in [3.05, 3.63) is 48.4 Å². The van der Waals surface area contributed by atoms with E-state index in [1.165, 1.54) is 13.2 Å². The lowest BCUT2D eigenvalue weighted by atomic mass is 10.2. The van der Waals surface area contributed by atoms with Crippen LogP contribution < -0.4 is 10.6 Å². The van der Waals surface area contributed by atoms with Crippen molar-refractivity contribution in [3.8, 4) is 0 Å². The molecule has 1 amide bonds. The number of hydrogen-bond acceptors (Lipinski definition) is 4. The van der Waals surface area contributed by atoms with E-state index in [-0.39, 0.29) is 24.0 Å². The van der Waals surface area contributed by atoms with Crippen molar-refractivity contribution < 1.29 is 14.0 Å². The quantitative estimate of drug-likeness (QED) is 0.864. The Balaban J connectivity index is 1.95. The predicted octanol–water partition coefficient (Wildman–Crippen LogP) is 2.53. The normalized spacial score (nSPS) is 9.95. The third-order valence-electron chi connectivity index (χ3n) is 2.43. The fourth-order valence-electron chi connectivity index (χ4n) is 1.50. The highest BCUT2D eigenvalue weighted by molar-refractivity contribution is 6.02. The van der Waals surface area contributed by atoms with E-state index in [2.05, 4.69) is 10.6 Å². The van der Waals surface area contributed by atoms with Gasteiger partial charge in [-0.1, -0.05) is 0 Å². The Morgan fingerprint density at radius 2 is 1.79 bits per heavy atom. The summed E-state index contributed by atoms with van der Waals surface area (Å²) in [5, 5.41) is 5.68. The van der Waals surface area contributed by atoms with Gasteiger partial charge in [0.1, 0.15) is 5.78 Å². The summed E-state index contributed by atoms with van der Waals surface area (Å²) in [5.41, 5.74) is 1.49. The van der Waals surface area contributed by atoms with E-state index in [4.69, 9.17) is 4.42 Å². The first kappa shape index (κ1) is 12.9. The first-order valence-electron chi connectivity index (χ1n) is 5.83. The van der Waals surface area contributed by atoms with Crippen molar-refractivity contribution in [3.63, 3.8) is 0 Å². The summed E-state index contributed by atoms with van der Waals surface area (Å²) < 4.78 is 4.99. The standard InChI is InChI=1S/C14H14N2O3/c1-10(17)9-15-11-4-6-12(7-5-11)16-14(18)13-3-2-8-19-13/h2-8,15H,9H2,1H3,(H,16,18). The number of rotatable bonds is 5. The van der Waals surface area contributed by atoms with E-state index in [1.807, 2.05) is 0 Å². The van der Waals surface area contributed by atoms with Gasteiger partial charge in [0.2, 0.25) is 0 Å². The molecule has 2 rings (SSSR count). The topological polar surface area (TPSA) is 71.3 Å². The molecule has 0 saturated carbocycles. The molecule has 0 bridgehead atoms. The molecule has 0 aliphatic rings. The zero-order chi connectivity index (χ0) is 13.7. The Kier molecular flexibility index (Phi) is 3.97. The van der Waals surface area contributed by atoms with Crippen LogP contribution in [0.4, 0.5) is 11.4 Å². The molecule has 0 spiro atoms. The summed E-state index contributed by atoms with van der Waals surface area (Å²) in [5.74, 6) is 0.0309. The Morgan fingerprint density at radius 1 is 1.11 bits per heavy atom. The van der Waals surface area contributed by atoms with Gasteiger partial charge in [-0.2, -0.15) is 0 Å². The molecule has 2 aromatic rings. The summed E-state index contributed by atoms with van der Waals surface area (Å²) >= 11 is 0. The van der Waals surface area contributed by atoms with E-state index in [9.17, 15) is 9.59 Å².